The molecular weight excluding hydrogens is 1140 g/mol. The van der Waals surface area contributed by atoms with E-state index < -0.39 is 54.2 Å². The van der Waals surface area contributed by atoms with Crippen LogP contribution in [0.5, 0.6) is 0 Å². The summed E-state index contributed by atoms with van der Waals surface area (Å²) in [6.07, 6.45) is 2.22. The number of nitrogens with one attached hydrogen (secondary N) is 4. The predicted molar refractivity (Wildman–Crippen MR) is 347 cm³/mol. The van der Waals surface area contributed by atoms with Crippen molar-refractivity contribution in [1.29, 1.82) is 0 Å². The molecule has 6 N–H and O–H groups in total. The van der Waals surface area contributed by atoms with Gasteiger partial charge in [-0.2, -0.15) is 0 Å². The largest absolute Gasteiger partial charge is 0.445 e. The Morgan fingerprint density at radius 2 is 0.744 bits per heavy atom. The van der Waals surface area contributed by atoms with Crippen molar-refractivity contribution in [3.63, 3.8) is 0 Å². The van der Waals surface area contributed by atoms with Gasteiger partial charge in [0.25, 0.3) is 11.8 Å². The van der Waals surface area contributed by atoms with Crippen LogP contribution in [0, 0.1) is 5.92 Å². The lowest BCUT2D eigenvalue weighted by Gasteiger charge is -2.20. The van der Waals surface area contributed by atoms with E-state index in [2.05, 4.69) is 45.5 Å². The van der Waals surface area contributed by atoms with Gasteiger partial charge in [0.15, 0.2) is 5.78 Å². The minimum Gasteiger partial charge on any atom is -0.445 e. The zero-order valence-electron chi connectivity index (χ0n) is 53.0. The Hall–Kier alpha value is -9.36. The minimum absolute atomic E-state index is 0.00739. The molecule has 0 aliphatic carbocycles. The second-order valence-corrected chi connectivity index (χ2v) is 20.6. The monoisotopic (exact) mass is 1240 g/mol. The Bertz CT molecular complexity index is 2950. The number of unbranched alkanes of at least 4 members (excludes halogenated alkanes) is 2. The van der Waals surface area contributed by atoms with Crippen LogP contribution in [0.2, 0.25) is 0 Å². The van der Waals surface area contributed by atoms with Crippen LogP contribution in [0.25, 0.3) is 0 Å². The zero-order chi connectivity index (χ0) is 65.6. The van der Waals surface area contributed by atoms with E-state index in [0.29, 0.717) is 50.1 Å². The standard InChI is InChI=1S/C32H38N2O5.C26H29N3O8.C9H13N.2C2H6/c1-25(21-26-13-5-2-6-14-26)22-30(35)29(34-32(37)39-24-28-17-9-4-10-18-28)19-11-12-20-33-31(36)38-23-27-15-7-3-8-16-27;30-22-14-15-23(31)29(22)37-24(32)21(28-26(34)36-18-20-11-5-2-6-12-20)13-7-8-16-27-25(33)35-17-19-9-3-1-4-10-19;1-8(10)7-9-5-3-2-4-6-9;2*1-2/h2-10,13-18,25,29H,11-12,19-24H2,1H3,(H,33,36)(H,34,37);1-6,9-12,21H,7-8,13-18H2,(H,27,33)(H,28,34);2-6,8H,7,10H2,1H3;2*1-2H3/t25-,29-;21-;8-;;/m000../s1. The number of imide groups is 1. The topological polar surface area (TPSA) is 260 Å². The molecule has 0 saturated carbocycles. The predicted octanol–water partition coefficient (Wildman–Crippen LogP) is 12.8. The third-order valence-electron chi connectivity index (χ3n) is 13.1. The molecule has 1 aliphatic heterocycles. The maximum absolute atomic E-state index is 13.2. The van der Waals surface area contributed by atoms with Gasteiger partial charge >= 0.3 is 30.3 Å². The van der Waals surface area contributed by atoms with E-state index in [1.54, 1.807) is 24.3 Å². The molecule has 7 rings (SSSR count). The van der Waals surface area contributed by atoms with E-state index >= 15 is 0 Å². The van der Waals surface area contributed by atoms with Crippen molar-refractivity contribution in [3.05, 3.63) is 215 Å². The number of Topliss-reactive ketones (excluding diaryl/α,β-unsaturated/α-hetero) is 1. The van der Waals surface area contributed by atoms with Crippen LogP contribution < -0.4 is 27.0 Å². The van der Waals surface area contributed by atoms with Gasteiger partial charge in [-0.1, -0.05) is 217 Å². The van der Waals surface area contributed by atoms with Crippen molar-refractivity contribution < 1.29 is 62.1 Å². The first-order valence-corrected chi connectivity index (χ1v) is 31.0. The maximum Gasteiger partial charge on any atom is 0.408 e. The third-order valence-corrected chi connectivity index (χ3v) is 13.1. The van der Waals surface area contributed by atoms with Gasteiger partial charge in [0.2, 0.25) is 0 Å². The van der Waals surface area contributed by atoms with Crippen LogP contribution in [0.1, 0.15) is 133 Å². The van der Waals surface area contributed by atoms with Crippen molar-refractivity contribution in [2.24, 2.45) is 11.7 Å². The molecule has 6 amide bonds. The zero-order valence-corrected chi connectivity index (χ0v) is 53.0. The van der Waals surface area contributed by atoms with E-state index in [1.807, 2.05) is 175 Å². The summed E-state index contributed by atoms with van der Waals surface area (Å²) in [7, 11) is 0. The maximum atomic E-state index is 13.2. The Kier molecular flexibility index (Phi) is 38.2. The SMILES string of the molecule is CC.CC.C[C@H](CC(=O)[C@H](CCCCNC(=O)OCc1ccccc1)NC(=O)OCc1ccccc1)Cc1ccccc1.C[C@H](N)Cc1ccccc1.O=C(NCCCC[C@H](NC(=O)OCc1ccccc1)C(=O)ON1C(=O)CCC1=O)OCc1ccccc1. The van der Waals surface area contributed by atoms with Crippen LogP contribution in [-0.4, -0.2) is 84.2 Å². The molecule has 484 valence electrons. The summed E-state index contributed by atoms with van der Waals surface area (Å²) in [4.78, 5) is 103. The summed E-state index contributed by atoms with van der Waals surface area (Å²) in [5.41, 5.74) is 11.5. The molecule has 0 aromatic heterocycles. The first-order chi connectivity index (χ1) is 43.7. The lowest BCUT2D eigenvalue weighted by Crippen LogP contribution is -2.45. The second-order valence-electron chi connectivity index (χ2n) is 20.6. The van der Waals surface area contributed by atoms with E-state index in [0.717, 1.165) is 35.1 Å². The highest BCUT2D eigenvalue weighted by atomic mass is 16.7. The quantitative estimate of drug-likeness (QED) is 0.0166. The molecule has 6 aromatic carbocycles. The summed E-state index contributed by atoms with van der Waals surface area (Å²) >= 11 is 0. The fraction of sp³-hybridized carbons (Fsp3) is 0.380. The molecule has 1 heterocycles. The minimum atomic E-state index is -1.17. The van der Waals surface area contributed by atoms with E-state index in [9.17, 15) is 38.4 Å². The molecule has 0 unspecified atom stereocenters. The number of ether oxygens (including phenoxy) is 4. The first kappa shape index (κ1) is 74.9. The Morgan fingerprint density at radius 1 is 0.433 bits per heavy atom. The third kappa shape index (κ3) is 33.1. The molecule has 6 aromatic rings. The lowest BCUT2D eigenvalue weighted by atomic mass is 9.92. The number of alkyl carbamates (subject to hydrolysis) is 4. The normalized spacial score (nSPS) is 12.4. The molecule has 1 fully saturated rings. The Labute approximate surface area is 531 Å². The molecule has 4 atom stereocenters. The highest BCUT2D eigenvalue weighted by molar-refractivity contribution is 6.02. The van der Waals surface area contributed by atoms with Crippen molar-refractivity contribution >= 4 is 47.9 Å². The van der Waals surface area contributed by atoms with Gasteiger partial charge < -0.3 is 50.8 Å². The molecule has 19 nitrogen and oxygen atoms in total. The summed E-state index contributed by atoms with van der Waals surface area (Å²) < 4.78 is 20.9. The number of benzene rings is 6. The number of nitrogens with zero attached hydrogens (tertiary/aromatic N) is 1. The second kappa shape index (κ2) is 45.9. The lowest BCUT2D eigenvalue weighted by molar-refractivity contribution is -0.199. The summed E-state index contributed by atoms with van der Waals surface area (Å²) in [6.45, 7) is 13.2. The molecule has 1 saturated heterocycles. The van der Waals surface area contributed by atoms with Crippen molar-refractivity contribution in [3.8, 4) is 0 Å². The number of rotatable bonds is 29. The number of hydroxylamine groups is 2. The van der Waals surface area contributed by atoms with Crippen molar-refractivity contribution in [2.75, 3.05) is 13.1 Å². The highest BCUT2D eigenvalue weighted by Crippen LogP contribution is 2.17. The van der Waals surface area contributed by atoms with E-state index in [4.69, 9.17) is 29.5 Å². The van der Waals surface area contributed by atoms with Gasteiger partial charge in [0, 0.05) is 38.4 Å². The van der Waals surface area contributed by atoms with Gasteiger partial charge in [-0.3, -0.25) is 14.4 Å². The first-order valence-electron chi connectivity index (χ1n) is 31.0. The van der Waals surface area contributed by atoms with Crippen LogP contribution in [-0.2, 0) is 82.2 Å². The van der Waals surface area contributed by atoms with Crippen molar-refractivity contribution in [1.82, 2.24) is 26.3 Å². The average molecular weight is 1240 g/mol. The number of carbonyl (C=O) groups excluding carboxylic acids is 8. The molecular formula is C71H92N6O13. The summed E-state index contributed by atoms with van der Waals surface area (Å²) in [5, 5.41) is 11.0. The smallest absolute Gasteiger partial charge is 0.408 e. The number of carbonyl (C=O) groups is 8. The number of nitrogens with two attached hydrogens (primary N) is 1. The number of hydrogen-bond acceptors (Lipinski definition) is 14. The van der Waals surface area contributed by atoms with Gasteiger partial charge in [-0.25, -0.2) is 24.0 Å². The van der Waals surface area contributed by atoms with Gasteiger partial charge in [-0.15, -0.1) is 5.06 Å². The number of ketones is 1. The average Bonchev–Trinajstić information content (AvgIpc) is 2.96. The highest BCUT2D eigenvalue weighted by Gasteiger charge is 2.35. The molecule has 90 heavy (non-hydrogen) atoms. The van der Waals surface area contributed by atoms with Gasteiger partial charge in [0.1, 0.15) is 32.5 Å². The van der Waals surface area contributed by atoms with Crippen LogP contribution in [0.15, 0.2) is 182 Å². The molecule has 0 spiro atoms. The van der Waals surface area contributed by atoms with Gasteiger partial charge in [0.05, 0.1) is 6.04 Å². The van der Waals surface area contributed by atoms with Crippen LogP contribution in [0.3, 0.4) is 0 Å². The van der Waals surface area contributed by atoms with Crippen LogP contribution >= 0.6 is 0 Å². The van der Waals surface area contributed by atoms with Gasteiger partial charge in [-0.05, 0) is 97.6 Å². The Balaban J connectivity index is 0.000000388. The Morgan fingerprint density at radius 3 is 1.10 bits per heavy atom. The molecule has 19 heteroatoms. The molecule has 1 aliphatic rings. The van der Waals surface area contributed by atoms with Crippen LogP contribution in [0.4, 0.5) is 19.2 Å². The molecule has 0 radical (unpaired) electrons. The summed E-state index contributed by atoms with van der Waals surface area (Å²) in [5.74, 6) is -2.10. The number of hydrogen-bond donors (Lipinski definition) is 5. The van der Waals surface area contributed by atoms with Crippen molar-refractivity contribution in [2.45, 2.75) is 157 Å². The number of amides is 6. The molecule has 0 bridgehead atoms. The fourth-order valence-corrected chi connectivity index (χ4v) is 8.62. The van der Waals surface area contributed by atoms with E-state index in [1.165, 1.54) is 11.1 Å². The summed E-state index contributed by atoms with van der Waals surface area (Å²) in [6, 6.07) is 55.9. The van der Waals surface area contributed by atoms with E-state index in [-0.39, 0.29) is 70.0 Å². The fourth-order valence-electron chi connectivity index (χ4n) is 8.62.